The van der Waals surface area contributed by atoms with Crippen LogP contribution in [0.25, 0.3) is 0 Å². The molecule has 0 bridgehead atoms. The molecule has 0 aromatic carbocycles. The van der Waals surface area contributed by atoms with Crippen LogP contribution in [0.15, 0.2) is 0 Å². The van der Waals surface area contributed by atoms with E-state index in [1.54, 1.807) is 0 Å². The molecule has 1 heterocycles. The number of hydrogen-bond donors (Lipinski definition) is 0. The molecule has 0 unspecified atom stereocenters. The Balaban J connectivity index is 1.50. The highest BCUT2D eigenvalue weighted by molar-refractivity contribution is 5.77. The molecule has 0 spiro atoms. The summed E-state index contributed by atoms with van der Waals surface area (Å²) in [6.45, 7) is 6.40. The maximum absolute atomic E-state index is 11.7. The van der Waals surface area contributed by atoms with Crippen LogP contribution in [-0.2, 0) is 19.1 Å². The number of nitrogens with zero attached hydrogens (tertiary/aromatic N) is 1. The third-order valence-corrected chi connectivity index (χ3v) is 5.85. The van der Waals surface area contributed by atoms with Gasteiger partial charge in [-0.25, -0.2) is 0 Å². The standard InChI is InChI=1S/C19H34NO4/c1-19(9-3-4-10-19)11-15-23-17(21)7-8-18(22)24-16-14-20(2)12-5-6-13-20/h3-16H2,1-2H3/q+1. The summed E-state index contributed by atoms with van der Waals surface area (Å²) in [5, 5.41) is 0. The number of rotatable bonds is 9. The first-order chi connectivity index (χ1) is 11.4. The van der Waals surface area contributed by atoms with Gasteiger partial charge < -0.3 is 14.0 Å². The summed E-state index contributed by atoms with van der Waals surface area (Å²) in [5.74, 6) is -0.576. The van der Waals surface area contributed by atoms with E-state index in [9.17, 15) is 9.59 Å². The second kappa shape index (κ2) is 8.84. The van der Waals surface area contributed by atoms with Crippen molar-refractivity contribution in [3.8, 4) is 0 Å². The predicted molar refractivity (Wildman–Crippen MR) is 92.4 cm³/mol. The van der Waals surface area contributed by atoms with Gasteiger partial charge in [0, 0.05) is 12.8 Å². The molecule has 0 aromatic heterocycles. The molecule has 0 atom stereocenters. The van der Waals surface area contributed by atoms with Gasteiger partial charge in [-0.15, -0.1) is 0 Å². The zero-order valence-corrected chi connectivity index (χ0v) is 15.5. The Kier molecular flexibility index (Phi) is 7.08. The largest absolute Gasteiger partial charge is 0.466 e. The van der Waals surface area contributed by atoms with E-state index in [2.05, 4.69) is 14.0 Å². The van der Waals surface area contributed by atoms with Crippen LogP contribution in [0.1, 0.15) is 64.7 Å². The molecule has 1 saturated carbocycles. The summed E-state index contributed by atoms with van der Waals surface area (Å²) in [7, 11) is 2.21. The Morgan fingerprint density at radius 3 is 2.04 bits per heavy atom. The van der Waals surface area contributed by atoms with Crippen molar-refractivity contribution in [2.24, 2.45) is 5.41 Å². The molecule has 1 aliphatic carbocycles. The Bertz CT molecular complexity index is 383. The fourth-order valence-electron chi connectivity index (χ4n) is 3.94. The molecule has 2 fully saturated rings. The van der Waals surface area contributed by atoms with E-state index in [1.807, 2.05) is 0 Å². The van der Waals surface area contributed by atoms with Gasteiger partial charge in [-0.05, 0) is 24.7 Å². The highest BCUT2D eigenvalue weighted by Gasteiger charge is 2.29. The monoisotopic (exact) mass is 340 g/mol. The van der Waals surface area contributed by atoms with Crippen LogP contribution in [0.5, 0.6) is 0 Å². The Morgan fingerprint density at radius 1 is 0.917 bits per heavy atom. The zero-order chi connectivity index (χ0) is 17.5. The third-order valence-electron chi connectivity index (χ3n) is 5.85. The number of likely N-dealkylation sites (N-methyl/N-ethyl adjacent to an activating group) is 1. The van der Waals surface area contributed by atoms with Crippen LogP contribution in [0, 0.1) is 5.41 Å². The van der Waals surface area contributed by atoms with Crippen LogP contribution in [-0.4, -0.2) is 56.3 Å². The van der Waals surface area contributed by atoms with E-state index in [4.69, 9.17) is 9.47 Å². The highest BCUT2D eigenvalue weighted by Crippen LogP contribution is 2.40. The summed E-state index contributed by atoms with van der Waals surface area (Å²) in [4.78, 5) is 23.4. The van der Waals surface area contributed by atoms with Crippen LogP contribution in [0.3, 0.4) is 0 Å². The maximum atomic E-state index is 11.7. The molecule has 2 aliphatic rings. The van der Waals surface area contributed by atoms with Gasteiger partial charge in [0.15, 0.2) is 0 Å². The van der Waals surface area contributed by atoms with Crippen LogP contribution in [0.4, 0.5) is 0 Å². The lowest BCUT2D eigenvalue weighted by atomic mass is 9.86. The Hall–Kier alpha value is -1.10. The van der Waals surface area contributed by atoms with Crippen molar-refractivity contribution in [1.82, 2.24) is 0 Å². The number of ether oxygens (including phenoxy) is 2. The summed E-state index contributed by atoms with van der Waals surface area (Å²) < 4.78 is 11.5. The summed E-state index contributed by atoms with van der Waals surface area (Å²) in [6.07, 6.45) is 8.73. The Labute approximate surface area is 146 Å². The molecule has 0 aromatic rings. The van der Waals surface area contributed by atoms with Crippen molar-refractivity contribution in [3.63, 3.8) is 0 Å². The van der Waals surface area contributed by atoms with Crippen LogP contribution >= 0.6 is 0 Å². The summed E-state index contributed by atoms with van der Waals surface area (Å²) >= 11 is 0. The van der Waals surface area contributed by atoms with Gasteiger partial charge in [0.1, 0.15) is 13.2 Å². The molecule has 0 radical (unpaired) electrons. The molecule has 0 amide bonds. The van der Waals surface area contributed by atoms with Crippen molar-refractivity contribution in [1.29, 1.82) is 0 Å². The van der Waals surface area contributed by atoms with Gasteiger partial charge in [-0.1, -0.05) is 19.8 Å². The fourth-order valence-corrected chi connectivity index (χ4v) is 3.94. The van der Waals surface area contributed by atoms with Gasteiger partial charge in [-0.2, -0.15) is 0 Å². The average molecular weight is 340 g/mol. The number of likely N-dealkylation sites (tertiary alicyclic amines) is 1. The lowest BCUT2D eigenvalue weighted by molar-refractivity contribution is -0.897. The first-order valence-corrected chi connectivity index (χ1v) is 9.56. The van der Waals surface area contributed by atoms with Gasteiger partial charge in [0.2, 0.25) is 0 Å². The van der Waals surface area contributed by atoms with Crippen molar-refractivity contribution in [2.75, 3.05) is 39.9 Å². The van der Waals surface area contributed by atoms with Gasteiger partial charge >= 0.3 is 11.9 Å². The smallest absolute Gasteiger partial charge is 0.306 e. The van der Waals surface area contributed by atoms with Crippen molar-refractivity contribution < 1.29 is 23.5 Å². The minimum Gasteiger partial charge on any atom is -0.466 e. The van der Waals surface area contributed by atoms with E-state index < -0.39 is 0 Å². The van der Waals surface area contributed by atoms with Gasteiger partial charge in [0.25, 0.3) is 0 Å². The van der Waals surface area contributed by atoms with Gasteiger partial charge in [-0.3, -0.25) is 9.59 Å². The van der Waals surface area contributed by atoms with Crippen molar-refractivity contribution in [2.45, 2.75) is 64.7 Å². The van der Waals surface area contributed by atoms with E-state index in [-0.39, 0.29) is 24.8 Å². The first kappa shape index (κ1) is 19.2. The maximum Gasteiger partial charge on any atom is 0.306 e. The minimum absolute atomic E-state index is 0.125. The first-order valence-electron chi connectivity index (χ1n) is 9.56. The van der Waals surface area contributed by atoms with E-state index >= 15 is 0 Å². The molecule has 0 N–H and O–H groups in total. The molecule has 2 rings (SSSR count). The SMILES string of the molecule is CC1(CCOC(=O)CCC(=O)OCC[N+]2(C)CCCC2)CCCC1. The molecular weight excluding hydrogens is 306 g/mol. The fraction of sp³-hybridized carbons (Fsp3) is 0.895. The van der Waals surface area contributed by atoms with Crippen molar-refractivity contribution in [3.05, 3.63) is 0 Å². The molecule has 24 heavy (non-hydrogen) atoms. The van der Waals surface area contributed by atoms with Crippen LogP contribution in [0.2, 0.25) is 0 Å². The summed E-state index contributed by atoms with van der Waals surface area (Å²) in [5.41, 5.74) is 0.341. The summed E-state index contributed by atoms with van der Waals surface area (Å²) in [6, 6.07) is 0. The number of hydrogen-bond acceptors (Lipinski definition) is 4. The van der Waals surface area contributed by atoms with E-state index in [0.29, 0.717) is 18.6 Å². The molecule has 1 aliphatic heterocycles. The second-order valence-corrected chi connectivity index (χ2v) is 8.21. The normalized spacial score (nSPS) is 21.6. The number of carbonyl (C=O) groups excluding carboxylic acids is 2. The highest BCUT2D eigenvalue weighted by atomic mass is 16.5. The van der Waals surface area contributed by atoms with Crippen molar-refractivity contribution >= 4 is 11.9 Å². The third kappa shape index (κ3) is 6.42. The molecular formula is C19H34NO4+. The number of carbonyl (C=O) groups is 2. The van der Waals surface area contributed by atoms with E-state index in [0.717, 1.165) is 17.4 Å². The van der Waals surface area contributed by atoms with Gasteiger partial charge in [0.05, 0.1) is 39.6 Å². The number of quaternary nitrogens is 1. The molecule has 5 nitrogen and oxygen atoms in total. The number of esters is 2. The molecule has 5 heteroatoms. The predicted octanol–water partition coefficient (Wildman–Crippen LogP) is 3.06. The Morgan fingerprint density at radius 2 is 1.46 bits per heavy atom. The minimum atomic E-state index is -0.291. The van der Waals surface area contributed by atoms with E-state index in [1.165, 1.54) is 51.6 Å². The topological polar surface area (TPSA) is 52.6 Å². The lowest BCUT2D eigenvalue weighted by Gasteiger charge is -2.28. The van der Waals surface area contributed by atoms with Crippen LogP contribution < -0.4 is 0 Å². The zero-order valence-electron chi connectivity index (χ0n) is 15.5. The molecule has 138 valence electrons. The lowest BCUT2D eigenvalue weighted by Crippen LogP contribution is -2.43. The molecule has 1 saturated heterocycles. The quantitative estimate of drug-likeness (QED) is 0.478. The average Bonchev–Trinajstić information content (AvgIpc) is 3.15. The second-order valence-electron chi connectivity index (χ2n) is 8.21.